The summed E-state index contributed by atoms with van der Waals surface area (Å²) in [6.07, 6.45) is 0. The first-order valence-electron chi connectivity index (χ1n) is 5.74. The summed E-state index contributed by atoms with van der Waals surface area (Å²) in [7, 11) is 0. The van der Waals surface area contributed by atoms with Gasteiger partial charge in [0.2, 0.25) is 5.91 Å². The van der Waals surface area contributed by atoms with E-state index in [1.54, 1.807) is 0 Å². The van der Waals surface area contributed by atoms with Crippen LogP contribution < -0.4 is 11.1 Å². The zero-order valence-corrected chi connectivity index (χ0v) is 10.2. The van der Waals surface area contributed by atoms with Crippen molar-refractivity contribution in [2.24, 2.45) is 5.73 Å². The van der Waals surface area contributed by atoms with Gasteiger partial charge in [-0.05, 0) is 35.9 Å². The number of hydrogen-bond donors (Lipinski definition) is 2. The molecular formula is C14H11F3N2O. The molecule has 0 bridgehead atoms. The lowest BCUT2D eigenvalue weighted by molar-refractivity contribution is -0.118. The Hall–Kier alpha value is -2.50. The summed E-state index contributed by atoms with van der Waals surface area (Å²) in [6.45, 7) is 0. The van der Waals surface area contributed by atoms with Gasteiger partial charge < -0.3 is 11.1 Å². The maximum absolute atomic E-state index is 13.2. The van der Waals surface area contributed by atoms with Crippen molar-refractivity contribution in [3.05, 3.63) is 65.5 Å². The lowest BCUT2D eigenvalue weighted by Gasteiger charge is -2.17. The highest BCUT2D eigenvalue weighted by molar-refractivity contribution is 5.84. The molecule has 2 aromatic carbocycles. The van der Waals surface area contributed by atoms with Gasteiger partial charge in [-0.25, -0.2) is 13.2 Å². The van der Waals surface area contributed by atoms with E-state index in [0.717, 1.165) is 18.2 Å². The van der Waals surface area contributed by atoms with E-state index in [9.17, 15) is 18.0 Å². The molecule has 0 aliphatic rings. The number of rotatable bonds is 4. The lowest BCUT2D eigenvalue weighted by atomic mass is 10.1. The van der Waals surface area contributed by atoms with Crippen molar-refractivity contribution in [1.82, 2.24) is 0 Å². The smallest absolute Gasteiger partial charge is 0.244 e. The van der Waals surface area contributed by atoms with Crippen molar-refractivity contribution in [2.75, 3.05) is 5.32 Å². The molecule has 1 unspecified atom stereocenters. The fourth-order valence-corrected chi connectivity index (χ4v) is 1.76. The van der Waals surface area contributed by atoms with Gasteiger partial charge >= 0.3 is 0 Å². The second kappa shape index (κ2) is 5.64. The van der Waals surface area contributed by atoms with E-state index in [1.165, 1.54) is 24.3 Å². The SMILES string of the molecule is NC(=O)C(Nc1cccc(F)c1)c1ccc(F)c(F)c1. The predicted octanol–water partition coefficient (Wildman–Crippen LogP) is 2.74. The standard InChI is InChI=1S/C14H11F3N2O/c15-9-2-1-3-10(7-9)19-13(14(18)20)8-4-5-11(16)12(17)6-8/h1-7,13,19H,(H2,18,20). The summed E-state index contributed by atoms with van der Waals surface area (Å²) < 4.78 is 39.1. The third-order valence-electron chi connectivity index (χ3n) is 2.70. The van der Waals surface area contributed by atoms with Crippen LogP contribution in [0.2, 0.25) is 0 Å². The van der Waals surface area contributed by atoms with Crippen LogP contribution in [0.1, 0.15) is 11.6 Å². The van der Waals surface area contributed by atoms with Crippen LogP contribution in [0.15, 0.2) is 42.5 Å². The Balaban J connectivity index is 2.32. The normalized spacial score (nSPS) is 11.9. The number of carbonyl (C=O) groups is 1. The molecule has 1 amide bonds. The fourth-order valence-electron chi connectivity index (χ4n) is 1.76. The third kappa shape index (κ3) is 3.09. The molecule has 0 aliphatic carbocycles. The monoisotopic (exact) mass is 280 g/mol. The van der Waals surface area contributed by atoms with Gasteiger partial charge in [-0.2, -0.15) is 0 Å². The van der Waals surface area contributed by atoms with Crippen LogP contribution >= 0.6 is 0 Å². The number of anilines is 1. The van der Waals surface area contributed by atoms with Crippen molar-refractivity contribution >= 4 is 11.6 Å². The highest BCUT2D eigenvalue weighted by Crippen LogP contribution is 2.21. The van der Waals surface area contributed by atoms with Crippen LogP contribution in [-0.2, 0) is 4.79 Å². The number of benzene rings is 2. The zero-order chi connectivity index (χ0) is 14.7. The number of hydrogen-bond acceptors (Lipinski definition) is 2. The molecule has 3 nitrogen and oxygen atoms in total. The molecule has 0 heterocycles. The van der Waals surface area contributed by atoms with Crippen LogP contribution in [0.25, 0.3) is 0 Å². The van der Waals surface area contributed by atoms with Crippen molar-refractivity contribution in [3.63, 3.8) is 0 Å². The van der Waals surface area contributed by atoms with Crippen LogP contribution in [0.4, 0.5) is 18.9 Å². The highest BCUT2D eigenvalue weighted by Gasteiger charge is 2.19. The van der Waals surface area contributed by atoms with Gasteiger partial charge in [0.05, 0.1) is 0 Å². The molecule has 1 atom stereocenters. The molecule has 104 valence electrons. The van der Waals surface area contributed by atoms with Gasteiger partial charge in [0.15, 0.2) is 11.6 Å². The summed E-state index contributed by atoms with van der Waals surface area (Å²) in [6, 6.07) is 7.29. The molecule has 2 rings (SSSR count). The fraction of sp³-hybridized carbons (Fsp3) is 0.0714. The molecule has 0 aliphatic heterocycles. The van der Waals surface area contributed by atoms with Crippen molar-refractivity contribution in [1.29, 1.82) is 0 Å². The molecule has 0 radical (unpaired) electrons. The van der Waals surface area contributed by atoms with E-state index >= 15 is 0 Å². The van der Waals surface area contributed by atoms with E-state index in [2.05, 4.69) is 5.32 Å². The summed E-state index contributed by atoms with van der Waals surface area (Å²) in [5.41, 5.74) is 5.69. The number of nitrogens with two attached hydrogens (primary N) is 1. The summed E-state index contributed by atoms with van der Waals surface area (Å²) in [4.78, 5) is 11.4. The second-order valence-electron chi connectivity index (χ2n) is 4.16. The van der Waals surface area contributed by atoms with Crippen LogP contribution in [0.3, 0.4) is 0 Å². The first-order valence-corrected chi connectivity index (χ1v) is 5.74. The minimum Gasteiger partial charge on any atom is -0.370 e. The molecule has 0 saturated carbocycles. The van der Waals surface area contributed by atoms with Crippen LogP contribution in [-0.4, -0.2) is 5.91 Å². The van der Waals surface area contributed by atoms with Crippen molar-refractivity contribution in [3.8, 4) is 0 Å². The summed E-state index contributed by atoms with van der Waals surface area (Å²) in [5.74, 6) is -3.40. The van der Waals surface area contributed by atoms with Crippen molar-refractivity contribution < 1.29 is 18.0 Å². The molecule has 6 heteroatoms. The maximum Gasteiger partial charge on any atom is 0.244 e. The Bertz CT molecular complexity index is 646. The summed E-state index contributed by atoms with van der Waals surface area (Å²) in [5, 5.41) is 2.68. The van der Waals surface area contributed by atoms with Gasteiger partial charge in [-0.15, -0.1) is 0 Å². The third-order valence-corrected chi connectivity index (χ3v) is 2.70. The van der Waals surface area contributed by atoms with Crippen LogP contribution in [0, 0.1) is 17.5 Å². The number of primary amides is 1. The lowest BCUT2D eigenvalue weighted by Crippen LogP contribution is -2.27. The number of amides is 1. The molecule has 3 N–H and O–H groups in total. The number of nitrogens with one attached hydrogen (secondary N) is 1. The van der Waals surface area contributed by atoms with Gasteiger partial charge in [0.25, 0.3) is 0 Å². The molecule has 0 spiro atoms. The minimum absolute atomic E-state index is 0.153. The Labute approximate surface area is 113 Å². The molecular weight excluding hydrogens is 269 g/mol. The van der Waals surface area contributed by atoms with E-state index in [1.807, 2.05) is 0 Å². The molecule has 20 heavy (non-hydrogen) atoms. The van der Waals surface area contributed by atoms with E-state index < -0.39 is 29.4 Å². The van der Waals surface area contributed by atoms with Gasteiger partial charge in [0.1, 0.15) is 11.9 Å². The average Bonchev–Trinajstić information content (AvgIpc) is 2.39. The number of carbonyl (C=O) groups excluding carboxylic acids is 1. The largest absolute Gasteiger partial charge is 0.370 e. The van der Waals surface area contributed by atoms with E-state index in [4.69, 9.17) is 5.73 Å². The Kier molecular flexibility index (Phi) is 3.93. The molecule has 2 aromatic rings. The topological polar surface area (TPSA) is 55.1 Å². The van der Waals surface area contributed by atoms with Gasteiger partial charge in [0, 0.05) is 5.69 Å². The minimum atomic E-state index is -1.09. The van der Waals surface area contributed by atoms with Gasteiger partial charge in [-0.1, -0.05) is 12.1 Å². The Morgan fingerprint density at radius 1 is 1.05 bits per heavy atom. The van der Waals surface area contributed by atoms with E-state index in [0.29, 0.717) is 5.69 Å². The van der Waals surface area contributed by atoms with Gasteiger partial charge in [-0.3, -0.25) is 4.79 Å². The van der Waals surface area contributed by atoms with E-state index in [-0.39, 0.29) is 5.56 Å². The molecule has 0 saturated heterocycles. The predicted molar refractivity (Wildman–Crippen MR) is 68.3 cm³/mol. The average molecular weight is 280 g/mol. The Morgan fingerprint density at radius 3 is 2.40 bits per heavy atom. The quantitative estimate of drug-likeness (QED) is 0.904. The highest BCUT2D eigenvalue weighted by atomic mass is 19.2. The first kappa shape index (κ1) is 13.9. The maximum atomic E-state index is 13.2. The molecule has 0 aromatic heterocycles. The Morgan fingerprint density at radius 2 is 1.80 bits per heavy atom. The first-order chi connectivity index (χ1) is 9.47. The van der Waals surface area contributed by atoms with Crippen molar-refractivity contribution in [2.45, 2.75) is 6.04 Å². The number of halogens is 3. The second-order valence-corrected chi connectivity index (χ2v) is 4.16. The summed E-state index contributed by atoms with van der Waals surface area (Å²) >= 11 is 0. The zero-order valence-electron chi connectivity index (χ0n) is 10.2. The molecule has 0 fully saturated rings. The van der Waals surface area contributed by atoms with Crippen LogP contribution in [0.5, 0.6) is 0 Å².